The lowest BCUT2D eigenvalue weighted by atomic mass is 10.1. The summed E-state index contributed by atoms with van der Waals surface area (Å²) in [5.41, 5.74) is 0. The van der Waals surface area contributed by atoms with Gasteiger partial charge in [0, 0.05) is 25.7 Å². The summed E-state index contributed by atoms with van der Waals surface area (Å²) in [7, 11) is -1.47. The highest BCUT2D eigenvalue weighted by Gasteiger charge is 2.31. The van der Waals surface area contributed by atoms with E-state index in [9.17, 15) is 8.42 Å². The van der Waals surface area contributed by atoms with E-state index in [0.717, 1.165) is 31.6 Å². The highest BCUT2D eigenvalue weighted by Crippen LogP contribution is 2.19. The Bertz CT molecular complexity index is 347. The number of hydrogen-bond acceptors (Lipinski definition) is 4. The Hall–Kier alpha value is 0.180. The number of thioether (sulfide) groups is 1. The molecule has 19 heavy (non-hydrogen) atoms. The highest BCUT2D eigenvalue weighted by molar-refractivity contribution is 7.98. The minimum absolute atomic E-state index is 0.0899. The summed E-state index contributed by atoms with van der Waals surface area (Å²) < 4.78 is 29.1. The quantitative estimate of drug-likeness (QED) is 0.699. The second-order valence-electron chi connectivity index (χ2n) is 5.23. The Morgan fingerprint density at radius 2 is 2.16 bits per heavy atom. The Morgan fingerprint density at radius 1 is 1.42 bits per heavy atom. The molecule has 1 aliphatic heterocycles. The van der Waals surface area contributed by atoms with Crippen LogP contribution in [0.2, 0.25) is 0 Å². The van der Waals surface area contributed by atoms with Crippen molar-refractivity contribution < 1.29 is 8.42 Å². The van der Waals surface area contributed by atoms with Crippen LogP contribution in [0.3, 0.4) is 0 Å². The second kappa shape index (κ2) is 8.46. The fraction of sp³-hybridized carbons (Fsp3) is 1.00. The highest BCUT2D eigenvalue weighted by atomic mass is 32.2. The molecule has 0 saturated carbocycles. The predicted octanol–water partition coefficient (Wildman–Crippen LogP) is 0.894. The van der Waals surface area contributed by atoms with Crippen LogP contribution in [0.15, 0.2) is 0 Å². The van der Waals surface area contributed by atoms with Gasteiger partial charge in [0.2, 0.25) is 0 Å². The Balaban J connectivity index is 2.58. The molecule has 0 bridgehead atoms. The largest absolute Gasteiger partial charge is 0.318 e. The first kappa shape index (κ1) is 17.2. The predicted molar refractivity (Wildman–Crippen MR) is 82.7 cm³/mol. The topological polar surface area (TPSA) is 61.4 Å². The van der Waals surface area contributed by atoms with E-state index in [4.69, 9.17) is 0 Å². The lowest BCUT2D eigenvalue weighted by Gasteiger charge is -2.34. The average Bonchev–Trinajstić information content (AvgIpc) is 2.38. The van der Waals surface area contributed by atoms with E-state index in [0.29, 0.717) is 19.0 Å². The molecule has 1 rings (SSSR count). The van der Waals surface area contributed by atoms with E-state index in [2.05, 4.69) is 17.0 Å². The van der Waals surface area contributed by atoms with Gasteiger partial charge in [-0.05, 0) is 37.8 Å². The number of nitrogens with zero attached hydrogens (tertiary/aromatic N) is 1. The molecule has 0 spiro atoms. The van der Waals surface area contributed by atoms with Gasteiger partial charge in [0.25, 0.3) is 10.2 Å². The molecule has 0 aromatic rings. The molecule has 7 heteroatoms. The maximum Gasteiger partial charge on any atom is 0.279 e. The van der Waals surface area contributed by atoms with E-state index in [-0.39, 0.29) is 6.04 Å². The molecule has 0 aromatic carbocycles. The number of hydrogen-bond donors (Lipinski definition) is 2. The molecule has 0 aliphatic carbocycles. The molecule has 1 aliphatic rings. The van der Waals surface area contributed by atoms with Gasteiger partial charge in [-0.1, -0.05) is 13.3 Å². The van der Waals surface area contributed by atoms with Crippen LogP contribution in [0, 0.1) is 5.92 Å². The first-order valence-corrected chi connectivity index (χ1v) is 9.74. The van der Waals surface area contributed by atoms with Gasteiger partial charge >= 0.3 is 0 Å². The first-order chi connectivity index (χ1) is 9.01. The minimum atomic E-state index is -3.33. The van der Waals surface area contributed by atoms with Crippen molar-refractivity contribution in [3.8, 4) is 0 Å². The molecule has 0 amide bonds. The Labute approximate surface area is 122 Å². The molecular formula is C12H27N3O2S2. The molecule has 1 saturated heterocycles. The van der Waals surface area contributed by atoms with Gasteiger partial charge in [-0.15, -0.1) is 0 Å². The zero-order valence-electron chi connectivity index (χ0n) is 12.2. The van der Waals surface area contributed by atoms with E-state index >= 15 is 0 Å². The molecule has 0 radical (unpaired) electrons. The van der Waals surface area contributed by atoms with Crippen molar-refractivity contribution >= 4 is 22.0 Å². The lowest BCUT2D eigenvalue weighted by Crippen LogP contribution is -2.52. The van der Waals surface area contributed by atoms with Crippen LogP contribution in [-0.4, -0.2) is 57.5 Å². The molecule has 2 unspecified atom stereocenters. The van der Waals surface area contributed by atoms with Gasteiger partial charge in [-0.3, -0.25) is 0 Å². The molecule has 0 aromatic heterocycles. The van der Waals surface area contributed by atoms with Gasteiger partial charge in [0.1, 0.15) is 0 Å². The summed E-state index contributed by atoms with van der Waals surface area (Å²) in [4.78, 5) is 0. The van der Waals surface area contributed by atoms with E-state index in [1.54, 1.807) is 16.1 Å². The van der Waals surface area contributed by atoms with E-state index in [1.807, 2.05) is 13.3 Å². The zero-order chi connectivity index (χ0) is 14.3. The van der Waals surface area contributed by atoms with Crippen LogP contribution >= 0.6 is 11.8 Å². The molecule has 1 heterocycles. The van der Waals surface area contributed by atoms with Crippen molar-refractivity contribution in [3.05, 3.63) is 0 Å². The van der Waals surface area contributed by atoms with Crippen LogP contribution in [-0.2, 0) is 10.2 Å². The van der Waals surface area contributed by atoms with Crippen LogP contribution in [0.25, 0.3) is 0 Å². The number of likely N-dealkylation sites (N-methyl/N-ethyl adjacent to an activating group) is 1. The Morgan fingerprint density at radius 3 is 2.79 bits per heavy atom. The van der Waals surface area contributed by atoms with Crippen LogP contribution in [0.4, 0.5) is 0 Å². The maximum atomic E-state index is 12.4. The molecule has 2 atom stereocenters. The first-order valence-electron chi connectivity index (χ1n) is 6.91. The van der Waals surface area contributed by atoms with Crippen molar-refractivity contribution in [1.29, 1.82) is 0 Å². The molecule has 5 nitrogen and oxygen atoms in total. The third-order valence-electron chi connectivity index (χ3n) is 3.39. The van der Waals surface area contributed by atoms with E-state index < -0.39 is 10.2 Å². The average molecular weight is 310 g/mol. The standard InChI is InChI=1S/C12H27N3O2S2/c1-11(10-18-3)8-14-19(16,17)15-7-5-4-6-12(15)9-13-2/h11-14H,4-10H2,1-3H3. The van der Waals surface area contributed by atoms with Gasteiger partial charge in [0.15, 0.2) is 0 Å². The lowest BCUT2D eigenvalue weighted by molar-refractivity contribution is 0.245. The summed E-state index contributed by atoms with van der Waals surface area (Å²) in [5.74, 6) is 1.33. The van der Waals surface area contributed by atoms with Gasteiger partial charge in [-0.25, -0.2) is 4.72 Å². The smallest absolute Gasteiger partial charge is 0.279 e. The van der Waals surface area contributed by atoms with Crippen molar-refractivity contribution in [1.82, 2.24) is 14.3 Å². The van der Waals surface area contributed by atoms with Gasteiger partial charge < -0.3 is 5.32 Å². The number of piperidine rings is 1. The summed E-state index contributed by atoms with van der Waals surface area (Å²) in [6.45, 7) is 3.95. The normalized spacial score (nSPS) is 23.4. The van der Waals surface area contributed by atoms with Crippen molar-refractivity contribution in [2.24, 2.45) is 5.92 Å². The van der Waals surface area contributed by atoms with Crippen LogP contribution in [0.1, 0.15) is 26.2 Å². The zero-order valence-corrected chi connectivity index (χ0v) is 13.8. The summed E-state index contributed by atoms with van der Waals surface area (Å²) in [6.07, 6.45) is 5.06. The minimum Gasteiger partial charge on any atom is -0.318 e. The fourth-order valence-electron chi connectivity index (χ4n) is 2.40. The van der Waals surface area contributed by atoms with Crippen LogP contribution in [0.5, 0.6) is 0 Å². The van der Waals surface area contributed by atoms with Gasteiger partial charge in [0.05, 0.1) is 0 Å². The molecule has 114 valence electrons. The third kappa shape index (κ3) is 5.59. The summed E-state index contributed by atoms with van der Waals surface area (Å²) in [5, 5.41) is 3.09. The van der Waals surface area contributed by atoms with Crippen molar-refractivity contribution in [3.63, 3.8) is 0 Å². The molecule has 1 fully saturated rings. The Kier molecular flexibility index (Phi) is 7.68. The van der Waals surface area contributed by atoms with Crippen molar-refractivity contribution in [2.75, 3.05) is 38.7 Å². The van der Waals surface area contributed by atoms with Gasteiger partial charge in [-0.2, -0.15) is 24.5 Å². The maximum absolute atomic E-state index is 12.4. The second-order valence-corrected chi connectivity index (χ2v) is 7.85. The molecular weight excluding hydrogens is 282 g/mol. The number of nitrogens with one attached hydrogen (secondary N) is 2. The number of rotatable bonds is 8. The van der Waals surface area contributed by atoms with Crippen molar-refractivity contribution in [2.45, 2.75) is 32.2 Å². The third-order valence-corrected chi connectivity index (χ3v) is 5.92. The summed E-state index contributed by atoms with van der Waals surface area (Å²) in [6, 6.07) is 0.0899. The SMILES string of the molecule is CNCC1CCCCN1S(=O)(=O)NCC(C)CSC. The van der Waals surface area contributed by atoms with E-state index in [1.165, 1.54) is 0 Å². The monoisotopic (exact) mass is 309 g/mol. The fourth-order valence-corrected chi connectivity index (χ4v) is 4.69. The molecule has 2 N–H and O–H groups in total. The summed E-state index contributed by atoms with van der Waals surface area (Å²) >= 11 is 1.75. The van der Waals surface area contributed by atoms with Crippen LogP contribution < -0.4 is 10.0 Å².